The summed E-state index contributed by atoms with van der Waals surface area (Å²) in [6.45, 7) is 15.7. The highest BCUT2D eigenvalue weighted by Crippen LogP contribution is 2.40. The third kappa shape index (κ3) is 3.07. The van der Waals surface area contributed by atoms with Crippen molar-refractivity contribution >= 4 is 21.4 Å². The van der Waals surface area contributed by atoms with E-state index < -0.39 is 0 Å². The van der Waals surface area contributed by atoms with Crippen LogP contribution in [-0.4, -0.2) is 6.54 Å². The first-order chi connectivity index (χ1) is 9.34. The van der Waals surface area contributed by atoms with E-state index in [0.29, 0.717) is 5.92 Å². The number of nitrogens with one attached hydrogen (secondary N) is 1. The lowest BCUT2D eigenvalue weighted by atomic mass is 9.84. The number of hydrogen-bond acceptors (Lipinski definition) is 2. The summed E-state index contributed by atoms with van der Waals surface area (Å²) in [5, 5.41) is 4.95. The van der Waals surface area contributed by atoms with Crippen LogP contribution in [0.15, 0.2) is 18.2 Å². The summed E-state index contributed by atoms with van der Waals surface area (Å²) < 4.78 is 1.42. The zero-order valence-corrected chi connectivity index (χ0v) is 14.4. The molecule has 2 aromatic rings. The summed E-state index contributed by atoms with van der Waals surface area (Å²) in [6, 6.07) is 7.00. The predicted molar refractivity (Wildman–Crippen MR) is 92.0 cm³/mol. The van der Waals surface area contributed by atoms with E-state index in [1.165, 1.54) is 26.1 Å². The Morgan fingerprint density at radius 1 is 1.20 bits per heavy atom. The normalized spacial score (nSPS) is 12.6. The molecule has 0 amide bonds. The van der Waals surface area contributed by atoms with Gasteiger partial charge >= 0.3 is 0 Å². The SMILES string of the molecule is CCNCc1sc2ccc(C(C)C)cc2c1C(C)(C)C. The van der Waals surface area contributed by atoms with Crippen LogP contribution in [0.2, 0.25) is 0 Å². The van der Waals surface area contributed by atoms with Crippen molar-refractivity contribution < 1.29 is 0 Å². The van der Waals surface area contributed by atoms with E-state index in [9.17, 15) is 0 Å². The van der Waals surface area contributed by atoms with Crippen molar-refractivity contribution in [1.82, 2.24) is 5.32 Å². The molecule has 1 aromatic heterocycles. The largest absolute Gasteiger partial charge is 0.312 e. The van der Waals surface area contributed by atoms with E-state index >= 15 is 0 Å². The van der Waals surface area contributed by atoms with Gasteiger partial charge in [-0.25, -0.2) is 0 Å². The standard InChI is InChI=1S/C18H27NS/c1-7-19-11-16-17(18(4,5)6)14-10-13(12(2)3)8-9-15(14)20-16/h8-10,12,19H,7,11H2,1-6H3. The molecule has 2 rings (SSSR count). The third-order valence-electron chi connectivity index (χ3n) is 3.74. The number of hydrogen-bond donors (Lipinski definition) is 1. The van der Waals surface area contributed by atoms with E-state index in [-0.39, 0.29) is 5.41 Å². The van der Waals surface area contributed by atoms with Crippen molar-refractivity contribution in [2.45, 2.75) is 59.4 Å². The third-order valence-corrected chi connectivity index (χ3v) is 4.91. The minimum Gasteiger partial charge on any atom is -0.312 e. The van der Waals surface area contributed by atoms with Gasteiger partial charge in [-0.15, -0.1) is 11.3 Å². The van der Waals surface area contributed by atoms with Crippen LogP contribution in [0.1, 0.15) is 63.5 Å². The Kier molecular flexibility index (Phi) is 4.55. The van der Waals surface area contributed by atoms with Gasteiger partial charge in [0.05, 0.1) is 0 Å². The molecule has 0 radical (unpaired) electrons. The second kappa shape index (κ2) is 5.87. The van der Waals surface area contributed by atoms with Crippen molar-refractivity contribution in [2.24, 2.45) is 0 Å². The summed E-state index contributed by atoms with van der Waals surface area (Å²) >= 11 is 1.95. The molecule has 1 aromatic carbocycles. The number of thiophene rings is 1. The van der Waals surface area contributed by atoms with Gasteiger partial charge in [0.1, 0.15) is 0 Å². The highest BCUT2D eigenvalue weighted by Gasteiger charge is 2.23. The summed E-state index contributed by atoms with van der Waals surface area (Å²) in [4.78, 5) is 1.50. The van der Waals surface area contributed by atoms with Gasteiger partial charge in [-0.05, 0) is 46.5 Å². The van der Waals surface area contributed by atoms with Gasteiger partial charge in [-0.3, -0.25) is 0 Å². The van der Waals surface area contributed by atoms with Gasteiger partial charge in [0.2, 0.25) is 0 Å². The number of rotatable bonds is 4. The van der Waals surface area contributed by atoms with Gasteiger partial charge in [-0.2, -0.15) is 0 Å². The van der Waals surface area contributed by atoms with Crippen LogP contribution in [0.25, 0.3) is 10.1 Å². The fourth-order valence-corrected chi connectivity index (χ4v) is 4.08. The van der Waals surface area contributed by atoms with Gasteiger partial charge < -0.3 is 5.32 Å². The molecule has 0 aliphatic rings. The topological polar surface area (TPSA) is 12.0 Å². The van der Waals surface area contributed by atoms with E-state index in [2.05, 4.69) is 65.1 Å². The molecule has 0 atom stereocenters. The maximum atomic E-state index is 3.49. The first-order valence-electron chi connectivity index (χ1n) is 7.61. The van der Waals surface area contributed by atoms with Crippen molar-refractivity contribution in [3.8, 4) is 0 Å². The molecular formula is C18H27NS. The smallest absolute Gasteiger partial charge is 0.0349 e. The molecule has 1 nitrogen and oxygen atoms in total. The Bertz CT molecular complexity index is 587. The summed E-state index contributed by atoms with van der Waals surface area (Å²) in [7, 11) is 0. The van der Waals surface area contributed by atoms with E-state index in [1.54, 1.807) is 0 Å². The Morgan fingerprint density at radius 2 is 1.90 bits per heavy atom. The zero-order valence-electron chi connectivity index (χ0n) is 13.6. The minimum absolute atomic E-state index is 0.193. The monoisotopic (exact) mass is 289 g/mol. The fourth-order valence-electron chi connectivity index (χ4n) is 2.71. The lowest BCUT2D eigenvalue weighted by Gasteiger charge is -2.21. The Hall–Kier alpha value is -0.860. The summed E-state index contributed by atoms with van der Waals surface area (Å²) in [5.41, 5.74) is 3.16. The van der Waals surface area contributed by atoms with Crippen molar-refractivity contribution in [2.75, 3.05) is 6.54 Å². The summed E-state index contributed by atoms with van der Waals surface area (Å²) in [5.74, 6) is 0.587. The van der Waals surface area contributed by atoms with Gasteiger partial charge in [0, 0.05) is 16.1 Å². The van der Waals surface area contributed by atoms with E-state index in [1.807, 2.05) is 11.3 Å². The molecule has 2 heteroatoms. The molecular weight excluding hydrogens is 262 g/mol. The highest BCUT2D eigenvalue weighted by molar-refractivity contribution is 7.19. The van der Waals surface area contributed by atoms with Crippen molar-refractivity contribution in [3.05, 3.63) is 34.2 Å². The van der Waals surface area contributed by atoms with Crippen LogP contribution < -0.4 is 5.32 Å². The minimum atomic E-state index is 0.193. The molecule has 0 unspecified atom stereocenters. The Balaban J connectivity index is 2.62. The van der Waals surface area contributed by atoms with E-state index in [0.717, 1.165) is 13.1 Å². The van der Waals surface area contributed by atoms with Gasteiger partial charge in [-0.1, -0.05) is 47.6 Å². The van der Waals surface area contributed by atoms with Crippen molar-refractivity contribution in [3.63, 3.8) is 0 Å². The first kappa shape index (κ1) is 15.5. The quantitative estimate of drug-likeness (QED) is 0.791. The summed E-state index contributed by atoms with van der Waals surface area (Å²) in [6.07, 6.45) is 0. The number of fused-ring (bicyclic) bond motifs is 1. The lowest BCUT2D eigenvalue weighted by molar-refractivity contribution is 0.585. The van der Waals surface area contributed by atoms with Gasteiger partial charge in [0.25, 0.3) is 0 Å². The molecule has 0 spiro atoms. The maximum Gasteiger partial charge on any atom is 0.0349 e. The zero-order chi connectivity index (χ0) is 14.9. The highest BCUT2D eigenvalue weighted by atomic mass is 32.1. The molecule has 20 heavy (non-hydrogen) atoms. The second-order valence-corrected chi connectivity index (χ2v) is 7.98. The molecule has 0 bridgehead atoms. The molecule has 1 N–H and O–H groups in total. The average molecular weight is 289 g/mol. The predicted octanol–water partition coefficient (Wildman–Crippen LogP) is 5.43. The maximum absolute atomic E-state index is 3.49. The van der Waals surface area contributed by atoms with Crippen molar-refractivity contribution in [1.29, 1.82) is 0 Å². The van der Waals surface area contributed by atoms with E-state index in [4.69, 9.17) is 0 Å². The Morgan fingerprint density at radius 3 is 2.45 bits per heavy atom. The first-order valence-corrected chi connectivity index (χ1v) is 8.42. The van der Waals surface area contributed by atoms with Crippen LogP contribution in [0, 0.1) is 0 Å². The lowest BCUT2D eigenvalue weighted by Crippen LogP contribution is -2.17. The molecule has 0 aliphatic heterocycles. The van der Waals surface area contributed by atoms with Crippen LogP contribution in [0.3, 0.4) is 0 Å². The molecule has 1 heterocycles. The average Bonchev–Trinajstić information content (AvgIpc) is 2.72. The van der Waals surface area contributed by atoms with Crippen LogP contribution in [-0.2, 0) is 12.0 Å². The van der Waals surface area contributed by atoms with Crippen LogP contribution >= 0.6 is 11.3 Å². The molecule has 0 saturated heterocycles. The number of benzene rings is 1. The fraction of sp³-hybridized carbons (Fsp3) is 0.556. The molecule has 0 aliphatic carbocycles. The van der Waals surface area contributed by atoms with Gasteiger partial charge in [0.15, 0.2) is 0 Å². The molecule has 110 valence electrons. The Labute approximate surface area is 127 Å². The second-order valence-electron chi connectivity index (χ2n) is 6.84. The molecule has 0 fully saturated rings. The van der Waals surface area contributed by atoms with Crippen LogP contribution in [0.4, 0.5) is 0 Å². The molecule has 0 saturated carbocycles. The van der Waals surface area contributed by atoms with Crippen LogP contribution in [0.5, 0.6) is 0 Å².